The summed E-state index contributed by atoms with van der Waals surface area (Å²) in [5.74, 6) is -0.487. The number of carbonyl (C=O) groups excluding carboxylic acids is 3. The maximum absolute atomic E-state index is 12.3. The number of rotatable bonds is 6. The van der Waals surface area contributed by atoms with Crippen molar-refractivity contribution in [3.8, 4) is 11.5 Å². The minimum atomic E-state index is -1.13. The second-order valence-electron chi connectivity index (χ2n) is 5.79. The topological polar surface area (TPSA) is 103 Å². The molecule has 2 rings (SSSR count). The number of methoxy groups -OCH3 is 2. The van der Waals surface area contributed by atoms with E-state index in [1.165, 1.54) is 33.3 Å². The monoisotopic (exact) mass is 350 g/mol. The van der Waals surface area contributed by atoms with Crippen LogP contribution in [0.3, 0.4) is 0 Å². The van der Waals surface area contributed by atoms with Crippen molar-refractivity contribution in [2.75, 3.05) is 14.2 Å². The summed E-state index contributed by atoms with van der Waals surface area (Å²) in [4.78, 5) is 35.7. The number of esters is 1. The quantitative estimate of drug-likeness (QED) is 0.755. The fraction of sp³-hybridized carbons (Fsp3) is 0.471. The Balaban J connectivity index is 2.00. The molecule has 1 unspecified atom stereocenters. The highest BCUT2D eigenvalue weighted by Gasteiger charge is 2.26. The molecule has 0 aliphatic heterocycles. The zero-order chi connectivity index (χ0) is 18.6. The van der Waals surface area contributed by atoms with Gasteiger partial charge in [-0.25, -0.2) is 9.59 Å². The number of nitrogens with one attached hydrogen (secondary N) is 2. The SMILES string of the molecule is COc1cc(C(=O)OC(C)C(=O)NC(=O)NC2CC2)cc(OC)c1C. The van der Waals surface area contributed by atoms with Gasteiger partial charge in [0, 0.05) is 11.6 Å². The van der Waals surface area contributed by atoms with Crippen LogP contribution in [-0.4, -0.2) is 44.3 Å². The Bertz CT molecular complexity index is 659. The molecular formula is C17H22N2O6. The number of hydrogen-bond donors (Lipinski definition) is 2. The molecule has 1 aromatic carbocycles. The normalized spacial score (nSPS) is 14.2. The van der Waals surface area contributed by atoms with Gasteiger partial charge in [-0.1, -0.05) is 0 Å². The minimum absolute atomic E-state index is 0.123. The second-order valence-corrected chi connectivity index (χ2v) is 5.79. The van der Waals surface area contributed by atoms with Crippen LogP contribution in [0.1, 0.15) is 35.7 Å². The van der Waals surface area contributed by atoms with Gasteiger partial charge in [0.15, 0.2) is 6.10 Å². The van der Waals surface area contributed by atoms with E-state index in [2.05, 4.69) is 10.6 Å². The number of carbonyl (C=O) groups is 3. The first kappa shape index (κ1) is 18.6. The van der Waals surface area contributed by atoms with Crippen LogP contribution in [0.5, 0.6) is 11.5 Å². The van der Waals surface area contributed by atoms with E-state index in [1.807, 2.05) is 0 Å². The van der Waals surface area contributed by atoms with Gasteiger partial charge in [0.1, 0.15) is 11.5 Å². The van der Waals surface area contributed by atoms with Crippen molar-refractivity contribution in [3.05, 3.63) is 23.3 Å². The van der Waals surface area contributed by atoms with Crippen LogP contribution in [0, 0.1) is 6.92 Å². The number of urea groups is 1. The third-order valence-electron chi connectivity index (χ3n) is 3.79. The fourth-order valence-electron chi connectivity index (χ4n) is 2.15. The molecule has 8 heteroatoms. The van der Waals surface area contributed by atoms with Crippen LogP contribution < -0.4 is 20.1 Å². The molecule has 0 spiro atoms. The molecule has 1 aromatic rings. The summed E-state index contributed by atoms with van der Waals surface area (Å²) >= 11 is 0. The zero-order valence-corrected chi connectivity index (χ0v) is 14.7. The lowest BCUT2D eigenvalue weighted by Crippen LogP contribution is -2.45. The van der Waals surface area contributed by atoms with Crippen molar-refractivity contribution in [3.63, 3.8) is 0 Å². The van der Waals surface area contributed by atoms with Crippen LogP contribution in [0.2, 0.25) is 0 Å². The molecule has 2 N–H and O–H groups in total. The van der Waals surface area contributed by atoms with Crippen LogP contribution in [-0.2, 0) is 9.53 Å². The smallest absolute Gasteiger partial charge is 0.339 e. The molecule has 3 amide bonds. The molecule has 1 atom stereocenters. The standard InChI is InChI=1S/C17H22N2O6/c1-9-13(23-3)7-11(8-14(9)24-4)16(21)25-10(2)15(20)19-17(22)18-12-5-6-12/h7-8,10,12H,5-6H2,1-4H3,(H2,18,19,20,22). The molecule has 1 fully saturated rings. The minimum Gasteiger partial charge on any atom is -0.496 e. The van der Waals surface area contributed by atoms with Gasteiger partial charge in [-0.15, -0.1) is 0 Å². The van der Waals surface area contributed by atoms with Crippen molar-refractivity contribution in [2.24, 2.45) is 0 Å². The second kappa shape index (κ2) is 7.87. The van der Waals surface area contributed by atoms with Gasteiger partial charge in [-0.2, -0.15) is 0 Å². The molecule has 136 valence electrons. The van der Waals surface area contributed by atoms with Gasteiger partial charge < -0.3 is 19.5 Å². The van der Waals surface area contributed by atoms with E-state index in [4.69, 9.17) is 14.2 Å². The lowest BCUT2D eigenvalue weighted by molar-refractivity contribution is -0.127. The van der Waals surface area contributed by atoms with Gasteiger partial charge in [0.2, 0.25) is 0 Å². The van der Waals surface area contributed by atoms with E-state index in [9.17, 15) is 14.4 Å². The molecule has 1 aliphatic carbocycles. The van der Waals surface area contributed by atoms with Crippen LogP contribution in [0.4, 0.5) is 4.79 Å². The molecule has 0 aromatic heterocycles. The van der Waals surface area contributed by atoms with Gasteiger partial charge in [0.25, 0.3) is 5.91 Å². The number of amides is 3. The predicted octanol–water partition coefficient (Wildman–Crippen LogP) is 1.55. The molecule has 0 radical (unpaired) electrons. The summed E-state index contributed by atoms with van der Waals surface area (Å²) in [6, 6.07) is 2.54. The first-order valence-electron chi connectivity index (χ1n) is 7.90. The zero-order valence-electron chi connectivity index (χ0n) is 14.7. The van der Waals surface area contributed by atoms with Crippen LogP contribution in [0.25, 0.3) is 0 Å². The number of benzene rings is 1. The Morgan fingerprint density at radius 2 is 1.68 bits per heavy atom. The number of ether oxygens (including phenoxy) is 3. The van der Waals surface area contributed by atoms with E-state index in [0.29, 0.717) is 11.5 Å². The average molecular weight is 350 g/mol. The maximum Gasteiger partial charge on any atom is 0.339 e. The Labute approximate surface area is 145 Å². The highest BCUT2D eigenvalue weighted by atomic mass is 16.5. The van der Waals surface area contributed by atoms with E-state index in [1.54, 1.807) is 6.92 Å². The third kappa shape index (κ3) is 4.85. The average Bonchev–Trinajstić information content (AvgIpc) is 3.38. The van der Waals surface area contributed by atoms with E-state index >= 15 is 0 Å². The van der Waals surface area contributed by atoms with Gasteiger partial charge in [0.05, 0.1) is 19.8 Å². The Hall–Kier alpha value is -2.77. The lowest BCUT2D eigenvalue weighted by Gasteiger charge is -2.15. The Morgan fingerprint density at radius 1 is 1.12 bits per heavy atom. The van der Waals surface area contributed by atoms with Gasteiger partial charge in [-0.05, 0) is 38.8 Å². The first-order chi connectivity index (χ1) is 11.8. The molecule has 0 heterocycles. The molecule has 0 bridgehead atoms. The Morgan fingerprint density at radius 3 is 2.16 bits per heavy atom. The van der Waals surface area contributed by atoms with E-state index in [0.717, 1.165) is 18.4 Å². The van der Waals surface area contributed by atoms with Gasteiger partial charge >= 0.3 is 12.0 Å². The molecule has 8 nitrogen and oxygen atoms in total. The maximum atomic E-state index is 12.3. The molecular weight excluding hydrogens is 328 g/mol. The number of hydrogen-bond acceptors (Lipinski definition) is 6. The summed E-state index contributed by atoms with van der Waals surface area (Å²) in [6.45, 7) is 3.18. The largest absolute Gasteiger partial charge is 0.496 e. The molecule has 1 saturated carbocycles. The van der Waals surface area contributed by atoms with Crippen LogP contribution >= 0.6 is 0 Å². The highest BCUT2D eigenvalue weighted by Crippen LogP contribution is 2.29. The fourth-order valence-corrected chi connectivity index (χ4v) is 2.15. The van der Waals surface area contributed by atoms with Crippen molar-refractivity contribution in [2.45, 2.75) is 38.8 Å². The van der Waals surface area contributed by atoms with E-state index < -0.39 is 24.0 Å². The predicted molar refractivity (Wildman–Crippen MR) is 88.9 cm³/mol. The third-order valence-corrected chi connectivity index (χ3v) is 3.79. The molecule has 25 heavy (non-hydrogen) atoms. The van der Waals surface area contributed by atoms with Crippen molar-refractivity contribution < 1.29 is 28.6 Å². The summed E-state index contributed by atoms with van der Waals surface area (Å²) in [7, 11) is 2.96. The highest BCUT2D eigenvalue weighted by molar-refractivity contribution is 5.98. The summed E-state index contributed by atoms with van der Waals surface area (Å²) < 4.78 is 15.5. The number of imide groups is 1. The Kier molecular flexibility index (Phi) is 5.84. The van der Waals surface area contributed by atoms with Gasteiger partial charge in [-0.3, -0.25) is 10.1 Å². The molecule has 1 aliphatic rings. The molecule has 0 saturated heterocycles. The van der Waals surface area contributed by atoms with Crippen molar-refractivity contribution in [1.29, 1.82) is 0 Å². The van der Waals surface area contributed by atoms with E-state index in [-0.39, 0.29) is 11.6 Å². The summed E-state index contributed by atoms with van der Waals surface area (Å²) in [5, 5.41) is 4.76. The lowest BCUT2D eigenvalue weighted by atomic mass is 10.1. The summed E-state index contributed by atoms with van der Waals surface area (Å²) in [6.07, 6.45) is 0.683. The van der Waals surface area contributed by atoms with Crippen molar-refractivity contribution >= 4 is 17.9 Å². The van der Waals surface area contributed by atoms with Crippen LogP contribution in [0.15, 0.2) is 12.1 Å². The van der Waals surface area contributed by atoms with Crippen molar-refractivity contribution in [1.82, 2.24) is 10.6 Å². The summed E-state index contributed by atoms with van der Waals surface area (Å²) in [5.41, 5.74) is 0.922. The first-order valence-corrected chi connectivity index (χ1v) is 7.90.